The second-order valence-electron chi connectivity index (χ2n) is 7.27. The number of sulfonamides is 1. The fraction of sp³-hybridized carbons (Fsp3) is 0.333. The zero-order valence-electron chi connectivity index (χ0n) is 17.8. The molecule has 1 aliphatic rings. The van der Waals surface area contributed by atoms with Crippen molar-refractivity contribution in [2.45, 2.75) is 23.5 Å². The van der Waals surface area contributed by atoms with Gasteiger partial charge in [0.1, 0.15) is 0 Å². The van der Waals surface area contributed by atoms with Crippen molar-refractivity contribution >= 4 is 44.4 Å². The highest BCUT2D eigenvalue weighted by molar-refractivity contribution is 7.99. The smallest absolute Gasteiger partial charge is 0.243 e. The number of rotatable bonds is 7. The number of amides is 1. The molecule has 1 amide bonds. The van der Waals surface area contributed by atoms with Gasteiger partial charge in [0.25, 0.3) is 0 Å². The molecule has 1 N–H and O–H groups in total. The number of anilines is 1. The van der Waals surface area contributed by atoms with Gasteiger partial charge in [-0.2, -0.15) is 4.31 Å². The standard InChI is InChI=1S/C21H22F2N4O4S2/c1-2-27-19-6-4-15(33(29,30)26-7-9-31-10-8-26)12-18(19)25-21(27)32-13-20(28)24-14-3-5-16(22)17(23)11-14/h3-6,11-12H,2,7-10,13H2,1H3,(H,24,28). The molecule has 8 nitrogen and oxygen atoms in total. The van der Waals surface area contributed by atoms with Crippen molar-refractivity contribution in [3.8, 4) is 0 Å². The predicted molar refractivity (Wildman–Crippen MR) is 121 cm³/mol. The molecule has 2 aromatic carbocycles. The molecule has 0 unspecified atom stereocenters. The van der Waals surface area contributed by atoms with E-state index in [0.717, 1.165) is 17.6 Å². The number of carbonyl (C=O) groups is 1. The van der Waals surface area contributed by atoms with Gasteiger partial charge >= 0.3 is 0 Å². The molecule has 33 heavy (non-hydrogen) atoms. The van der Waals surface area contributed by atoms with E-state index in [1.165, 1.54) is 28.2 Å². The Morgan fingerprint density at radius 3 is 2.61 bits per heavy atom. The molecule has 1 saturated heterocycles. The number of nitrogens with zero attached hydrogens (tertiary/aromatic N) is 3. The summed E-state index contributed by atoms with van der Waals surface area (Å²) in [5.41, 5.74) is 1.41. The van der Waals surface area contributed by atoms with Crippen LogP contribution in [0.5, 0.6) is 0 Å². The Hall–Kier alpha value is -2.54. The second kappa shape index (κ2) is 9.75. The molecule has 1 fully saturated rings. The first kappa shape index (κ1) is 23.6. The van der Waals surface area contributed by atoms with Crippen LogP contribution in [-0.4, -0.2) is 60.2 Å². The molecule has 3 aromatic rings. The van der Waals surface area contributed by atoms with Crippen molar-refractivity contribution < 1.29 is 26.7 Å². The monoisotopic (exact) mass is 496 g/mol. The average Bonchev–Trinajstić information content (AvgIpc) is 3.17. The van der Waals surface area contributed by atoms with E-state index >= 15 is 0 Å². The maximum atomic E-state index is 13.3. The van der Waals surface area contributed by atoms with Gasteiger partial charge in [-0.3, -0.25) is 4.79 Å². The van der Waals surface area contributed by atoms with Crippen LogP contribution in [0.3, 0.4) is 0 Å². The lowest BCUT2D eigenvalue weighted by Gasteiger charge is -2.26. The van der Waals surface area contributed by atoms with E-state index in [4.69, 9.17) is 4.74 Å². The zero-order valence-corrected chi connectivity index (χ0v) is 19.4. The highest BCUT2D eigenvalue weighted by atomic mass is 32.2. The minimum absolute atomic E-state index is 0.0126. The van der Waals surface area contributed by atoms with Crippen LogP contribution in [0, 0.1) is 11.6 Å². The van der Waals surface area contributed by atoms with Gasteiger partial charge in [-0.15, -0.1) is 0 Å². The SMILES string of the molecule is CCn1c(SCC(=O)Nc2ccc(F)c(F)c2)nc2cc(S(=O)(=O)N3CCOCC3)ccc21. The number of imidazole rings is 1. The van der Waals surface area contributed by atoms with Crippen molar-refractivity contribution in [3.05, 3.63) is 48.0 Å². The number of hydrogen-bond donors (Lipinski definition) is 1. The average molecular weight is 497 g/mol. The lowest BCUT2D eigenvalue weighted by molar-refractivity contribution is -0.113. The molecule has 0 bridgehead atoms. The normalized spacial score (nSPS) is 15.1. The zero-order chi connectivity index (χ0) is 23.6. The first-order valence-corrected chi connectivity index (χ1v) is 12.7. The van der Waals surface area contributed by atoms with Gasteiger partial charge in [0.05, 0.1) is 34.9 Å². The molecule has 0 aliphatic carbocycles. The van der Waals surface area contributed by atoms with Crippen LogP contribution in [0.4, 0.5) is 14.5 Å². The quantitative estimate of drug-likeness (QED) is 0.506. The topological polar surface area (TPSA) is 93.5 Å². The fourth-order valence-electron chi connectivity index (χ4n) is 3.50. The number of benzene rings is 2. The number of hydrogen-bond acceptors (Lipinski definition) is 6. The van der Waals surface area contributed by atoms with Gasteiger partial charge in [-0.1, -0.05) is 11.8 Å². The van der Waals surface area contributed by atoms with Crippen LogP contribution >= 0.6 is 11.8 Å². The molecule has 1 aliphatic heterocycles. The summed E-state index contributed by atoms with van der Waals surface area (Å²) in [6.45, 7) is 3.82. The summed E-state index contributed by atoms with van der Waals surface area (Å²) >= 11 is 1.17. The van der Waals surface area contributed by atoms with Crippen LogP contribution in [0.25, 0.3) is 11.0 Å². The van der Waals surface area contributed by atoms with Gasteiger partial charge in [0.2, 0.25) is 15.9 Å². The lowest BCUT2D eigenvalue weighted by Crippen LogP contribution is -2.40. The molecular formula is C21H22F2N4O4S2. The summed E-state index contributed by atoms with van der Waals surface area (Å²) in [5, 5.41) is 3.07. The van der Waals surface area contributed by atoms with Crippen LogP contribution in [-0.2, 0) is 26.1 Å². The molecule has 1 aromatic heterocycles. The number of aromatic nitrogens is 2. The molecule has 176 valence electrons. The Balaban J connectivity index is 1.51. The van der Waals surface area contributed by atoms with Crippen LogP contribution in [0.1, 0.15) is 6.92 Å². The highest BCUT2D eigenvalue weighted by Crippen LogP contribution is 2.27. The van der Waals surface area contributed by atoms with E-state index in [-0.39, 0.29) is 16.3 Å². The van der Waals surface area contributed by atoms with Gasteiger partial charge in [-0.05, 0) is 37.3 Å². The molecule has 2 heterocycles. The van der Waals surface area contributed by atoms with E-state index < -0.39 is 27.6 Å². The van der Waals surface area contributed by atoms with Crippen LogP contribution in [0.15, 0.2) is 46.5 Å². The predicted octanol–water partition coefficient (Wildman–Crippen LogP) is 3.09. The molecule has 0 saturated carbocycles. The largest absolute Gasteiger partial charge is 0.379 e. The van der Waals surface area contributed by atoms with Crippen molar-refractivity contribution in [3.63, 3.8) is 0 Å². The third kappa shape index (κ3) is 5.03. The summed E-state index contributed by atoms with van der Waals surface area (Å²) in [7, 11) is -3.65. The van der Waals surface area contributed by atoms with E-state index in [9.17, 15) is 22.0 Å². The molecule has 0 atom stereocenters. The molecule has 0 radical (unpaired) electrons. The van der Waals surface area contributed by atoms with Gasteiger partial charge < -0.3 is 14.6 Å². The maximum Gasteiger partial charge on any atom is 0.243 e. The number of thioether (sulfide) groups is 1. The Morgan fingerprint density at radius 1 is 1.15 bits per heavy atom. The number of aryl methyl sites for hydroxylation is 1. The minimum Gasteiger partial charge on any atom is -0.379 e. The maximum absolute atomic E-state index is 13.3. The number of fused-ring (bicyclic) bond motifs is 1. The van der Waals surface area contributed by atoms with Gasteiger partial charge in [-0.25, -0.2) is 22.2 Å². The first-order chi connectivity index (χ1) is 15.8. The van der Waals surface area contributed by atoms with Crippen molar-refractivity contribution in [1.82, 2.24) is 13.9 Å². The first-order valence-electron chi connectivity index (χ1n) is 10.3. The van der Waals surface area contributed by atoms with Crippen LogP contribution in [0.2, 0.25) is 0 Å². The molecule has 4 rings (SSSR count). The summed E-state index contributed by atoms with van der Waals surface area (Å²) in [6.07, 6.45) is 0. The van der Waals surface area contributed by atoms with E-state index in [1.54, 1.807) is 12.1 Å². The number of nitrogens with one attached hydrogen (secondary N) is 1. The van der Waals surface area contributed by atoms with Crippen molar-refractivity contribution in [2.24, 2.45) is 0 Å². The minimum atomic E-state index is -3.65. The summed E-state index contributed by atoms with van der Waals surface area (Å²) < 4.78 is 60.8. The highest BCUT2D eigenvalue weighted by Gasteiger charge is 2.27. The van der Waals surface area contributed by atoms with Crippen molar-refractivity contribution in [1.29, 1.82) is 0 Å². The number of ether oxygens (including phenoxy) is 1. The molecular weight excluding hydrogens is 474 g/mol. The Morgan fingerprint density at radius 2 is 1.91 bits per heavy atom. The second-order valence-corrected chi connectivity index (χ2v) is 10.2. The van der Waals surface area contributed by atoms with Gasteiger partial charge in [0, 0.05) is 31.4 Å². The number of carbonyl (C=O) groups excluding carboxylic acids is 1. The summed E-state index contributed by atoms with van der Waals surface area (Å²) in [4.78, 5) is 17.0. The van der Waals surface area contributed by atoms with Crippen LogP contribution < -0.4 is 5.32 Å². The third-order valence-electron chi connectivity index (χ3n) is 5.14. The molecule has 12 heteroatoms. The Kier molecular flexibility index (Phi) is 6.98. The summed E-state index contributed by atoms with van der Waals surface area (Å²) in [6, 6.07) is 7.94. The fourth-order valence-corrected chi connectivity index (χ4v) is 5.81. The van der Waals surface area contributed by atoms with Crippen molar-refractivity contribution in [2.75, 3.05) is 37.4 Å². The third-order valence-corrected chi connectivity index (χ3v) is 8.02. The van der Waals surface area contributed by atoms with E-state index in [2.05, 4.69) is 10.3 Å². The van der Waals surface area contributed by atoms with E-state index in [0.29, 0.717) is 43.5 Å². The van der Waals surface area contributed by atoms with E-state index in [1.807, 2.05) is 11.5 Å². The lowest BCUT2D eigenvalue weighted by atomic mass is 10.3. The Bertz CT molecular complexity index is 1290. The number of morpholine rings is 1. The molecule has 0 spiro atoms. The Labute approximate surface area is 194 Å². The summed E-state index contributed by atoms with van der Waals surface area (Å²) in [5.74, 6) is -2.46. The van der Waals surface area contributed by atoms with Gasteiger partial charge in [0.15, 0.2) is 16.8 Å². The number of halogens is 2.